The molecule has 1 aliphatic carbocycles. The number of nitrogens with one attached hydrogen (secondary N) is 1. The largest absolute Gasteiger partial charge is 0.378 e. The number of hydrogen-bond donors (Lipinski definition) is 1. The highest BCUT2D eigenvalue weighted by Gasteiger charge is 2.45. The molecule has 1 N–H and O–H groups in total. The first-order valence-corrected chi connectivity index (χ1v) is 11.4. The fourth-order valence-corrected chi connectivity index (χ4v) is 4.34. The van der Waals surface area contributed by atoms with Gasteiger partial charge in [-0.2, -0.15) is 5.26 Å². The first-order chi connectivity index (χ1) is 16.6. The van der Waals surface area contributed by atoms with Crippen LogP contribution in [0.2, 0.25) is 0 Å². The van der Waals surface area contributed by atoms with E-state index in [1.165, 1.54) is 0 Å². The van der Waals surface area contributed by atoms with Gasteiger partial charge in [0.05, 0.1) is 18.8 Å². The summed E-state index contributed by atoms with van der Waals surface area (Å²) >= 11 is 0. The maximum atomic E-state index is 12.8. The normalized spacial score (nSPS) is 16.2. The number of hydrogen-bond acceptors (Lipinski definition) is 5. The average Bonchev–Trinajstić information content (AvgIpc) is 3.69. The van der Waals surface area contributed by atoms with E-state index in [1.54, 1.807) is 30.3 Å². The summed E-state index contributed by atoms with van der Waals surface area (Å²) in [7, 11) is 0. The van der Waals surface area contributed by atoms with E-state index in [0.29, 0.717) is 24.5 Å². The van der Waals surface area contributed by atoms with Crippen LogP contribution in [0.3, 0.4) is 0 Å². The Morgan fingerprint density at radius 1 is 1.03 bits per heavy atom. The first kappa shape index (κ1) is 21.7. The Labute approximate surface area is 199 Å². The van der Waals surface area contributed by atoms with E-state index in [2.05, 4.69) is 51.5 Å². The number of aromatic nitrogens is 1. The predicted molar refractivity (Wildman–Crippen MR) is 130 cm³/mol. The van der Waals surface area contributed by atoms with Gasteiger partial charge in [-0.15, -0.1) is 6.42 Å². The molecule has 5 rings (SSSR count). The molecule has 6 heteroatoms. The van der Waals surface area contributed by atoms with Crippen molar-refractivity contribution in [2.24, 2.45) is 0 Å². The molecule has 1 saturated carbocycles. The molecule has 6 nitrogen and oxygen atoms in total. The number of pyridine rings is 1. The molecule has 0 bridgehead atoms. The highest BCUT2D eigenvalue weighted by atomic mass is 16.5. The third kappa shape index (κ3) is 4.24. The third-order valence-corrected chi connectivity index (χ3v) is 6.47. The Morgan fingerprint density at radius 3 is 2.35 bits per heavy atom. The number of ether oxygens (including phenoxy) is 1. The van der Waals surface area contributed by atoms with Crippen LogP contribution in [0.1, 0.15) is 40.0 Å². The Morgan fingerprint density at radius 2 is 1.74 bits per heavy atom. The van der Waals surface area contributed by atoms with Crippen LogP contribution < -0.4 is 10.2 Å². The van der Waals surface area contributed by atoms with E-state index in [0.717, 1.165) is 54.0 Å². The summed E-state index contributed by atoms with van der Waals surface area (Å²) in [5.74, 6) is 3.27. The summed E-state index contributed by atoms with van der Waals surface area (Å²) in [5.41, 5.74) is 4.50. The van der Waals surface area contributed by atoms with Crippen LogP contribution in [0.5, 0.6) is 0 Å². The molecule has 2 heterocycles. The van der Waals surface area contributed by atoms with Crippen molar-refractivity contribution >= 4 is 11.7 Å². The van der Waals surface area contributed by atoms with Gasteiger partial charge < -0.3 is 15.0 Å². The monoisotopic (exact) mass is 448 g/mol. The van der Waals surface area contributed by atoms with Crippen LogP contribution in [0, 0.1) is 23.7 Å². The van der Waals surface area contributed by atoms with E-state index >= 15 is 0 Å². The van der Waals surface area contributed by atoms with E-state index in [1.807, 2.05) is 6.07 Å². The number of nitrogens with zero attached hydrogens (tertiary/aromatic N) is 3. The topological polar surface area (TPSA) is 78.2 Å². The second-order valence-electron chi connectivity index (χ2n) is 8.61. The molecule has 1 saturated heterocycles. The molecule has 0 spiro atoms. The molecule has 34 heavy (non-hydrogen) atoms. The molecule has 1 aliphatic heterocycles. The Bertz CT molecular complexity index is 1290. The SMILES string of the molecule is C#Cc1ccc(C(=O)NC2(c3ccc(-c4ccc(C#N)nc4N4CCOCC4)cc3)CC2)cc1. The van der Waals surface area contributed by atoms with Crippen molar-refractivity contribution in [3.05, 3.63) is 83.0 Å². The van der Waals surface area contributed by atoms with Crippen LogP contribution in [-0.2, 0) is 10.3 Å². The summed E-state index contributed by atoms with van der Waals surface area (Å²) in [4.78, 5) is 19.6. The van der Waals surface area contributed by atoms with Crippen molar-refractivity contribution in [2.45, 2.75) is 18.4 Å². The highest BCUT2D eigenvalue weighted by Crippen LogP contribution is 2.46. The summed E-state index contributed by atoms with van der Waals surface area (Å²) in [6, 6.07) is 21.2. The second-order valence-corrected chi connectivity index (χ2v) is 8.61. The van der Waals surface area contributed by atoms with E-state index in [-0.39, 0.29) is 11.4 Å². The summed E-state index contributed by atoms with van der Waals surface area (Å²) < 4.78 is 5.48. The standard InChI is InChI=1S/C28H24N4O2/c1-2-20-3-5-22(6-4-20)27(33)31-28(13-14-28)23-9-7-21(8-10-23)25-12-11-24(19-29)30-26(25)32-15-17-34-18-16-32/h1,3-12H,13-18H2,(H,31,33). The molecule has 2 aromatic carbocycles. The number of carbonyl (C=O) groups is 1. The van der Waals surface area contributed by atoms with Gasteiger partial charge >= 0.3 is 0 Å². The van der Waals surface area contributed by atoms with Crippen LogP contribution >= 0.6 is 0 Å². The lowest BCUT2D eigenvalue weighted by molar-refractivity contribution is 0.0931. The van der Waals surface area contributed by atoms with Gasteiger partial charge in [0.1, 0.15) is 17.6 Å². The zero-order valence-corrected chi connectivity index (χ0v) is 18.8. The molecule has 0 atom stereocenters. The third-order valence-electron chi connectivity index (χ3n) is 6.47. The first-order valence-electron chi connectivity index (χ1n) is 11.4. The quantitative estimate of drug-likeness (QED) is 0.600. The molecule has 3 aromatic rings. The number of benzene rings is 2. The van der Waals surface area contributed by atoms with Crippen molar-refractivity contribution in [1.29, 1.82) is 5.26 Å². The minimum absolute atomic E-state index is 0.101. The molecule has 1 amide bonds. The Hall–Kier alpha value is -4.13. The number of morpholine rings is 1. The molecular weight excluding hydrogens is 424 g/mol. The molecule has 2 fully saturated rings. The number of terminal acetylenes is 1. The van der Waals surface area contributed by atoms with Gasteiger partial charge in [0, 0.05) is 29.8 Å². The molecular formula is C28H24N4O2. The smallest absolute Gasteiger partial charge is 0.251 e. The zero-order chi connectivity index (χ0) is 23.5. The van der Waals surface area contributed by atoms with Gasteiger partial charge in [0.2, 0.25) is 0 Å². The fourth-order valence-electron chi connectivity index (χ4n) is 4.34. The zero-order valence-electron chi connectivity index (χ0n) is 18.8. The summed E-state index contributed by atoms with van der Waals surface area (Å²) in [6.45, 7) is 2.77. The van der Waals surface area contributed by atoms with Crippen LogP contribution in [0.15, 0.2) is 60.7 Å². The van der Waals surface area contributed by atoms with Crippen molar-refractivity contribution in [1.82, 2.24) is 10.3 Å². The summed E-state index contributed by atoms with van der Waals surface area (Å²) in [5, 5.41) is 12.6. The van der Waals surface area contributed by atoms with Gasteiger partial charge in [-0.1, -0.05) is 30.2 Å². The predicted octanol–water partition coefficient (Wildman–Crippen LogP) is 3.86. The maximum Gasteiger partial charge on any atom is 0.251 e. The molecule has 2 aliphatic rings. The van der Waals surface area contributed by atoms with Crippen LogP contribution in [0.4, 0.5) is 5.82 Å². The van der Waals surface area contributed by atoms with Crippen molar-refractivity contribution in [3.8, 4) is 29.5 Å². The minimum Gasteiger partial charge on any atom is -0.378 e. The number of rotatable bonds is 5. The minimum atomic E-state index is -0.337. The van der Waals surface area contributed by atoms with Gasteiger partial charge in [-0.25, -0.2) is 4.98 Å². The fraction of sp³-hybridized carbons (Fsp3) is 0.250. The highest BCUT2D eigenvalue weighted by molar-refractivity contribution is 5.95. The number of amides is 1. The second kappa shape index (κ2) is 9.02. The number of nitriles is 1. The number of carbonyl (C=O) groups excluding carboxylic acids is 1. The van der Waals surface area contributed by atoms with E-state index < -0.39 is 0 Å². The number of anilines is 1. The Balaban J connectivity index is 1.38. The van der Waals surface area contributed by atoms with E-state index in [4.69, 9.17) is 11.2 Å². The Kier molecular flexibility index (Phi) is 5.76. The van der Waals surface area contributed by atoms with Gasteiger partial charge in [0.15, 0.2) is 0 Å². The van der Waals surface area contributed by atoms with Crippen LogP contribution in [-0.4, -0.2) is 37.2 Å². The summed E-state index contributed by atoms with van der Waals surface area (Å²) in [6.07, 6.45) is 7.21. The molecule has 1 aromatic heterocycles. The van der Waals surface area contributed by atoms with E-state index in [9.17, 15) is 10.1 Å². The van der Waals surface area contributed by atoms with Crippen LogP contribution in [0.25, 0.3) is 11.1 Å². The van der Waals surface area contributed by atoms with Crippen molar-refractivity contribution < 1.29 is 9.53 Å². The average molecular weight is 449 g/mol. The van der Waals surface area contributed by atoms with Crippen molar-refractivity contribution in [2.75, 3.05) is 31.2 Å². The lowest BCUT2D eigenvalue weighted by Crippen LogP contribution is -2.37. The van der Waals surface area contributed by atoms with Gasteiger partial charge in [-0.05, 0) is 60.4 Å². The molecule has 0 unspecified atom stereocenters. The van der Waals surface area contributed by atoms with Crippen molar-refractivity contribution in [3.63, 3.8) is 0 Å². The molecule has 168 valence electrons. The molecule has 0 radical (unpaired) electrons. The van der Waals surface area contributed by atoms with Gasteiger partial charge in [0.25, 0.3) is 5.91 Å². The van der Waals surface area contributed by atoms with Gasteiger partial charge in [-0.3, -0.25) is 4.79 Å². The lowest BCUT2D eigenvalue weighted by Gasteiger charge is -2.29. The maximum absolute atomic E-state index is 12.8. The lowest BCUT2D eigenvalue weighted by atomic mass is 9.98.